The van der Waals surface area contributed by atoms with Crippen LogP contribution in [0.15, 0.2) is 0 Å². The summed E-state index contributed by atoms with van der Waals surface area (Å²) in [6, 6.07) is 0.523. The molecule has 11 heavy (non-hydrogen) atoms. The Labute approximate surface area is 70.3 Å². The minimum Gasteiger partial charge on any atom is -0.380 e. The fraction of sp³-hybridized carbons (Fsp3) is 1.00. The molecule has 68 valence electrons. The Hall–Kier alpha value is -0.0800. The first-order chi connectivity index (χ1) is 5.29. The summed E-state index contributed by atoms with van der Waals surface area (Å²) >= 11 is 0. The van der Waals surface area contributed by atoms with Crippen molar-refractivity contribution in [2.75, 3.05) is 14.2 Å². The highest BCUT2D eigenvalue weighted by molar-refractivity contribution is 4.73. The average Bonchev–Trinajstić information content (AvgIpc) is 2.05. The third-order valence-corrected chi connectivity index (χ3v) is 2.12. The number of rotatable bonds is 6. The van der Waals surface area contributed by atoms with Crippen LogP contribution in [0.4, 0.5) is 0 Å². The van der Waals surface area contributed by atoms with Crippen LogP contribution in [-0.4, -0.2) is 26.3 Å². The van der Waals surface area contributed by atoms with Crippen LogP contribution in [0.5, 0.6) is 0 Å². The molecule has 2 heteroatoms. The normalized spacial score (nSPS) is 16.4. The van der Waals surface area contributed by atoms with Gasteiger partial charge in [-0.05, 0) is 19.9 Å². The fourth-order valence-electron chi connectivity index (χ4n) is 1.44. The minimum absolute atomic E-state index is 0.375. The topological polar surface area (TPSA) is 21.3 Å². The highest BCUT2D eigenvalue weighted by Gasteiger charge is 2.15. The Kier molecular flexibility index (Phi) is 6.57. The van der Waals surface area contributed by atoms with E-state index in [1.54, 1.807) is 7.11 Å². The van der Waals surface area contributed by atoms with Crippen molar-refractivity contribution >= 4 is 0 Å². The van der Waals surface area contributed by atoms with E-state index in [0.29, 0.717) is 12.1 Å². The molecule has 0 spiro atoms. The first-order valence-electron chi connectivity index (χ1n) is 4.50. The monoisotopic (exact) mass is 159 g/mol. The lowest BCUT2D eigenvalue weighted by molar-refractivity contribution is 0.0648. The van der Waals surface area contributed by atoms with E-state index in [1.165, 1.54) is 12.8 Å². The molecule has 2 nitrogen and oxygen atoms in total. The number of likely N-dealkylation sites (N-methyl/N-ethyl adjacent to an activating group) is 1. The van der Waals surface area contributed by atoms with E-state index >= 15 is 0 Å². The van der Waals surface area contributed by atoms with Crippen LogP contribution < -0.4 is 5.32 Å². The van der Waals surface area contributed by atoms with Crippen LogP contribution in [-0.2, 0) is 4.74 Å². The van der Waals surface area contributed by atoms with Crippen LogP contribution in [0.2, 0.25) is 0 Å². The van der Waals surface area contributed by atoms with Crippen LogP contribution in [0.3, 0.4) is 0 Å². The van der Waals surface area contributed by atoms with Gasteiger partial charge >= 0.3 is 0 Å². The van der Waals surface area contributed by atoms with Crippen LogP contribution in [0.25, 0.3) is 0 Å². The van der Waals surface area contributed by atoms with Gasteiger partial charge < -0.3 is 10.1 Å². The molecule has 0 aromatic heterocycles. The standard InChI is InChI=1S/C9H21NO/c1-5-7-8(10-3)9(6-2)11-4/h8-10H,5-7H2,1-4H3/t8?,9-/m1/s1. The van der Waals surface area contributed by atoms with Gasteiger partial charge in [-0.3, -0.25) is 0 Å². The second-order valence-electron chi connectivity index (χ2n) is 2.87. The lowest BCUT2D eigenvalue weighted by Crippen LogP contribution is -2.38. The number of methoxy groups -OCH3 is 1. The first-order valence-corrected chi connectivity index (χ1v) is 4.50. The Morgan fingerprint density at radius 1 is 1.36 bits per heavy atom. The van der Waals surface area contributed by atoms with Gasteiger partial charge in [0.2, 0.25) is 0 Å². The van der Waals surface area contributed by atoms with Gasteiger partial charge in [0.15, 0.2) is 0 Å². The molecule has 0 aromatic rings. The lowest BCUT2D eigenvalue weighted by atomic mass is 10.0. The van der Waals surface area contributed by atoms with Gasteiger partial charge in [0.1, 0.15) is 0 Å². The molecule has 0 radical (unpaired) electrons. The maximum Gasteiger partial charge on any atom is 0.0721 e. The van der Waals surface area contributed by atoms with Crippen molar-refractivity contribution in [3.05, 3.63) is 0 Å². The largest absolute Gasteiger partial charge is 0.380 e. The summed E-state index contributed by atoms with van der Waals surface area (Å²) in [5.74, 6) is 0. The zero-order valence-electron chi connectivity index (χ0n) is 8.18. The maximum absolute atomic E-state index is 5.34. The van der Waals surface area contributed by atoms with Gasteiger partial charge in [0.05, 0.1) is 6.10 Å². The number of nitrogens with one attached hydrogen (secondary N) is 1. The van der Waals surface area contributed by atoms with Crippen molar-refractivity contribution in [2.45, 2.75) is 45.3 Å². The number of ether oxygens (including phenoxy) is 1. The third kappa shape index (κ3) is 3.73. The van der Waals surface area contributed by atoms with E-state index in [9.17, 15) is 0 Å². The molecule has 0 saturated carbocycles. The van der Waals surface area contributed by atoms with Gasteiger partial charge in [-0.15, -0.1) is 0 Å². The molecule has 0 aliphatic heterocycles. The van der Waals surface area contributed by atoms with Crippen LogP contribution in [0, 0.1) is 0 Å². The van der Waals surface area contributed by atoms with Crippen LogP contribution >= 0.6 is 0 Å². The molecule has 0 aromatic carbocycles. The Bertz CT molecular complexity index is 81.6. The van der Waals surface area contributed by atoms with Crippen molar-refractivity contribution in [2.24, 2.45) is 0 Å². The summed E-state index contributed by atoms with van der Waals surface area (Å²) in [5.41, 5.74) is 0. The quantitative estimate of drug-likeness (QED) is 0.638. The molecular formula is C9H21NO. The average molecular weight is 159 g/mol. The van der Waals surface area contributed by atoms with Gasteiger partial charge in [0.25, 0.3) is 0 Å². The van der Waals surface area contributed by atoms with Crippen molar-refractivity contribution in [3.8, 4) is 0 Å². The molecule has 0 amide bonds. The predicted molar refractivity (Wildman–Crippen MR) is 48.8 cm³/mol. The zero-order valence-corrected chi connectivity index (χ0v) is 8.18. The minimum atomic E-state index is 0.375. The van der Waals surface area contributed by atoms with E-state index in [0.717, 1.165) is 6.42 Å². The van der Waals surface area contributed by atoms with Crippen molar-refractivity contribution in [1.29, 1.82) is 0 Å². The molecular weight excluding hydrogens is 138 g/mol. The number of hydrogen-bond acceptors (Lipinski definition) is 2. The smallest absolute Gasteiger partial charge is 0.0721 e. The second kappa shape index (κ2) is 6.62. The Balaban J connectivity index is 3.76. The molecule has 0 fully saturated rings. The molecule has 2 atom stereocenters. The Morgan fingerprint density at radius 2 is 2.00 bits per heavy atom. The van der Waals surface area contributed by atoms with Gasteiger partial charge in [-0.1, -0.05) is 20.3 Å². The molecule has 0 saturated heterocycles. The van der Waals surface area contributed by atoms with E-state index < -0.39 is 0 Å². The molecule has 0 heterocycles. The highest BCUT2D eigenvalue weighted by Crippen LogP contribution is 2.08. The summed E-state index contributed by atoms with van der Waals surface area (Å²) in [6.07, 6.45) is 3.87. The van der Waals surface area contributed by atoms with Gasteiger partial charge in [-0.2, -0.15) is 0 Å². The third-order valence-electron chi connectivity index (χ3n) is 2.12. The van der Waals surface area contributed by atoms with Gasteiger partial charge in [0, 0.05) is 13.2 Å². The summed E-state index contributed by atoms with van der Waals surface area (Å²) in [4.78, 5) is 0. The first kappa shape index (κ1) is 10.9. The summed E-state index contributed by atoms with van der Waals surface area (Å²) in [7, 11) is 3.79. The van der Waals surface area contributed by atoms with Crippen molar-refractivity contribution in [1.82, 2.24) is 5.32 Å². The maximum atomic E-state index is 5.34. The SMILES string of the molecule is CCCC(NC)[C@@H](CC)OC. The van der Waals surface area contributed by atoms with Crippen molar-refractivity contribution in [3.63, 3.8) is 0 Å². The summed E-state index contributed by atoms with van der Waals surface area (Å²) in [5, 5.41) is 3.28. The molecule has 0 rings (SSSR count). The van der Waals surface area contributed by atoms with E-state index in [4.69, 9.17) is 4.74 Å². The second-order valence-corrected chi connectivity index (χ2v) is 2.87. The van der Waals surface area contributed by atoms with Crippen molar-refractivity contribution < 1.29 is 4.74 Å². The van der Waals surface area contributed by atoms with E-state index in [2.05, 4.69) is 19.2 Å². The highest BCUT2D eigenvalue weighted by atomic mass is 16.5. The molecule has 1 unspecified atom stereocenters. The van der Waals surface area contributed by atoms with E-state index in [-0.39, 0.29) is 0 Å². The molecule has 1 N–H and O–H groups in total. The van der Waals surface area contributed by atoms with Crippen LogP contribution in [0.1, 0.15) is 33.1 Å². The molecule has 0 aliphatic carbocycles. The predicted octanol–water partition coefficient (Wildman–Crippen LogP) is 1.80. The fourth-order valence-corrected chi connectivity index (χ4v) is 1.44. The van der Waals surface area contributed by atoms with E-state index in [1.807, 2.05) is 7.05 Å². The number of hydrogen-bond donors (Lipinski definition) is 1. The zero-order chi connectivity index (χ0) is 8.69. The summed E-state index contributed by atoms with van der Waals surface area (Å²) in [6.45, 7) is 4.36. The molecule has 0 bridgehead atoms. The lowest BCUT2D eigenvalue weighted by Gasteiger charge is -2.23. The summed E-state index contributed by atoms with van der Waals surface area (Å²) < 4.78 is 5.34. The Morgan fingerprint density at radius 3 is 2.27 bits per heavy atom. The molecule has 0 aliphatic rings. The van der Waals surface area contributed by atoms with Gasteiger partial charge in [-0.25, -0.2) is 0 Å².